The van der Waals surface area contributed by atoms with Crippen molar-refractivity contribution in [3.8, 4) is 0 Å². The number of fused-ring (bicyclic) bond motifs is 1. The molecule has 27 heavy (non-hydrogen) atoms. The zero-order chi connectivity index (χ0) is 19.6. The lowest BCUT2D eigenvalue weighted by Gasteiger charge is -2.15. The molecule has 0 bridgehead atoms. The molecular formula is C20H16ClFN2O3. The number of amides is 1. The summed E-state index contributed by atoms with van der Waals surface area (Å²) in [5.41, 5.74) is 1.58. The molecule has 5 nitrogen and oxygen atoms in total. The molecule has 2 aromatic carbocycles. The Labute approximate surface area is 160 Å². The van der Waals surface area contributed by atoms with E-state index in [4.69, 9.17) is 16.3 Å². The van der Waals surface area contributed by atoms with E-state index in [0.717, 1.165) is 6.07 Å². The molecule has 1 amide bonds. The lowest BCUT2D eigenvalue weighted by molar-refractivity contribution is -0.123. The van der Waals surface area contributed by atoms with Crippen LogP contribution in [0.4, 0.5) is 10.1 Å². The number of anilines is 1. The van der Waals surface area contributed by atoms with Crippen molar-refractivity contribution in [2.45, 2.75) is 20.0 Å². The fourth-order valence-corrected chi connectivity index (χ4v) is 2.74. The summed E-state index contributed by atoms with van der Waals surface area (Å²) in [4.78, 5) is 29.2. The van der Waals surface area contributed by atoms with E-state index in [1.165, 1.54) is 19.1 Å². The first-order valence-electron chi connectivity index (χ1n) is 8.18. The summed E-state index contributed by atoms with van der Waals surface area (Å²) in [5, 5.41) is 3.22. The van der Waals surface area contributed by atoms with Crippen molar-refractivity contribution in [3.63, 3.8) is 0 Å². The molecule has 3 rings (SSSR count). The summed E-state index contributed by atoms with van der Waals surface area (Å²) >= 11 is 5.69. The molecule has 1 atom stereocenters. The predicted octanol–water partition coefficient (Wildman–Crippen LogP) is 4.52. The first-order valence-corrected chi connectivity index (χ1v) is 8.56. The Kier molecular flexibility index (Phi) is 5.37. The number of esters is 1. The Balaban J connectivity index is 1.77. The highest BCUT2D eigenvalue weighted by molar-refractivity contribution is 6.30. The van der Waals surface area contributed by atoms with Crippen LogP contribution in [0, 0.1) is 12.7 Å². The fraction of sp³-hybridized carbons (Fsp3) is 0.150. The van der Waals surface area contributed by atoms with E-state index in [2.05, 4.69) is 10.3 Å². The molecule has 1 heterocycles. The van der Waals surface area contributed by atoms with E-state index < -0.39 is 23.8 Å². The highest BCUT2D eigenvalue weighted by atomic mass is 35.5. The first kappa shape index (κ1) is 18.8. The van der Waals surface area contributed by atoms with Gasteiger partial charge in [-0.05, 0) is 44.2 Å². The Bertz CT molecular complexity index is 1040. The summed E-state index contributed by atoms with van der Waals surface area (Å²) in [6.45, 7) is 3.18. The predicted molar refractivity (Wildman–Crippen MR) is 101 cm³/mol. The van der Waals surface area contributed by atoms with Gasteiger partial charge in [0, 0.05) is 16.1 Å². The number of hydrogen-bond donors (Lipinski definition) is 1. The van der Waals surface area contributed by atoms with Crippen LogP contribution in [-0.2, 0) is 9.53 Å². The normalized spacial score (nSPS) is 11.9. The number of pyridine rings is 1. The number of halogens is 2. The zero-order valence-corrected chi connectivity index (χ0v) is 15.4. The second-order valence-corrected chi connectivity index (χ2v) is 6.43. The van der Waals surface area contributed by atoms with Crippen LogP contribution in [0.1, 0.15) is 23.0 Å². The number of carbonyl (C=O) groups excluding carboxylic acids is 2. The number of hydrogen-bond acceptors (Lipinski definition) is 4. The van der Waals surface area contributed by atoms with Gasteiger partial charge in [0.15, 0.2) is 6.10 Å². The molecule has 7 heteroatoms. The lowest BCUT2D eigenvalue weighted by atomic mass is 10.1. The van der Waals surface area contributed by atoms with Gasteiger partial charge < -0.3 is 10.1 Å². The third-order valence-electron chi connectivity index (χ3n) is 3.91. The number of carbonyl (C=O) groups is 2. The average Bonchev–Trinajstić information content (AvgIpc) is 2.63. The Morgan fingerprint density at radius 3 is 2.67 bits per heavy atom. The third-order valence-corrected chi connectivity index (χ3v) is 4.14. The van der Waals surface area contributed by atoms with Crippen LogP contribution >= 0.6 is 11.6 Å². The topological polar surface area (TPSA) is 68.3 Å². The van der Waals surface area contributed by atoms with Gasteiger partial charge in [-0.25, -0.2) is 9.18 Å². The third kappa shape index (κ3) is 4.23. The molecule has 0 fully saturated rings. The molecule has 0 unspecified atom stereocenters. The number of ether oxygens (including phenoxy) is 1. The largest absolute Gasteiger partial charge is 0.449 e. The molecule has 0 aliphatic heterocycles. The molecule has 1 aromatic heterocycles. The zero-order valence-electron chi connectivity index (χ0n) is 14.6. The van der Waals surface area contributed by atoms with Crippen molar-refractivity contribution < 1.29 is 18.7 Å². The number of aryl methyl sites for hydroxylation is 1. The summed E-state index contributed by atoms with van der Waals surface area (Å²) in [6, 6.07) is 12.6. The maximum absolute atomic E-state index is 13.8. The molecular weight excluding hydrogens is 371 g/mol. The second kappa shape index (κ2) is 7.72. The quantitative estimate of drug-likeness (QED) is 0.669. The Morgan fingerprint density at radius 2 is 1.93 bits per heavy atom. The highest BCUT2D eigenvalue weighted by Gasteiger charge is 2.22. The molecule has 0 radical (unpaired) electrons. The van der Waals surface area contributed by atoms with Crippen LogP contribution in [-0.4, -0.2) is 23.0 Å². The number of para-hydroxylation sites is 1. The summed E-state index contributed by atoms with van der Waals surface area (Å²) in [7, 11) is 0. The fourth-order valence-electron chi connectivity index (χ4n) is 2.58. The van der Waals surface area contributed by atoms with Gasteiger partial charge in [-0.2, -0.15) is 0 Å². The van der Waals surface area contributed by atoms with Gasteiger partial charge in [0.2, 0.25) is 0 Å². The minimum absolute atomic E-state index is 0.0440. The standard InChI is InChI=1S/C20H16ClFN2O3/c1-11-9-15(14-5-3-4-6-17(14)23-11)20(26)27-12(2)19(25)24-18-8-7-13(21)10-16(18)22/h3-10,12H,1-2H3,(H,24,25)/t12-/m0/s1. The second-order valence-electron chi connectivity index (χ2n) is 5.99. The van der Waals surface area contributed by atoms with Crippen molar-refractivity contribution in [3.05, 3.63) is 70.6 Å². The monoisotopic (exact) mass is 386 g/mol. The molecule has 0 spiro atoms. The lowest BCUT2D eigenvalue weighted by Crippen LogP contribution is -2.30. The van der Waals surface area contributed by atoms with E-state index in [9.17, 15) is 14.0 Å². The van der Waals surface area contributed by atoms with Gasteiger partial charge >= 0.3 is 5.97 Å². The summed E-state index contributed by atoms with van der Waals surface area (Å²) in [6.07, 6.45) is -1.13. The van der Waals surface area contributed by atoms with Gasteiger partial charge in [-0.15, -0.1) is 0 Å². The van der Waals surface area contributed by atoms with E-state index >= 15 is 0 Å². The average molecular weight is 387 g/mol. The molecule has 0 saturated carbocycles. The molecule has 3 aromatic rings. The van der Waals surface area contributed by atoms with E-state index in [1.54, 1.807) is 31.2 Å². The van der Waals surface area contributed by atoms with Gasteiger partial charge in [0.05, 0.1) is 16.8 Å². The van der Waals surface area contributed by atoms with Crippen LogP contribution in [0.25, 0.3) is 10.9 Å². The maximum Gasteiger partial charge on any atom is 0.339 e. The molecule has 0 aliphatic rings. The number of nitrogens with one attached hydrogen (secondary N) is 1. The minimum Gasteiger partial charge on any atom is -0.449 e. The van der Waals surface area contributed by atoms with Crippen molar-refractivity contribution in [1.29, 1.82) is 0 Å². The Morgan fingerprint density at radius 1 is 1.19 bits per heavy atom. The van der Waals surface area contributed by atoms with Crippen molar-refractivity contribution in [2.24, 2.45) is 0 Å². The van der Waals surface area contributed by atoms with E-state index in [-0.39, 0.29) is 10.7 Å². The number of nitrogens with zero attached hydrogens (tertiary/aromatic N) is 1. The van der Waals surface area contributed by atoms with E-state index in [1.807, 2.05) is 6.07 Å². The van der Waals surface area contributed by atoms with Crippen LogP contribution in [0.15, 0.2) is 48.5 Å². The molecule has 1 N–H and O–H groups in total. The van der Waals surface area contributed by atoms with Crippen molar-refractivity contribution in [1.82, 2.24) is 4.98 Å². The first-order chi connectivity index (χ1) is 12.8. The van der Waals surface area contributed by atoms with Gasteiger partial charge in [-0.1, -0.05) is 29.8 Å². The maximum atomic E-state index is 13.8. The van der Waals surface area contributed by atoms with Crippen molar-refractivity contribution in [2.75, 3.05) is 5.32 Å². The Hall–Kier alpha value is -2.99. The molecule has 0 saturated heterocycles. The number of rotatable bonds is 4. The molecule has 138 valence electrons. The smallest absolute Gasteiger partial charge is 0.339 e. The van der Waals surface area contributed by atoms with Gasteiger partial charge in [0.1, 0.15) is 5.82 Å². The summed E-state index contributed by atoms with van der Waals surface area (Å²) < 4.78 is 19.1. The highest BCUT2D eigenvalue weighted by Crippen LogP contribution is 2.21. The van der Waals surface area contributed by atoms with Gasteiger partial charge in [0.25, 0.3) is 5.91 Å². The molecule has 0 aliphatic carbocycles. The van der Waals surface area contributed by atoms with E-state index in [0.29, 0.717) is 22.2 Å². The minimum atomic E-state index is -1.13. The SMILES string of the molecule is Cc1cc(C(=O)O[C@@H](C)C(=O)Nc2ccc(Cl)cc2F)c2ccccc2n1. The van der Waals surface area contributed by atoms with Crippen LogP contribution in [0.5, 0.6) is 0 Å². The number of aromatic nitrogens is 1. The van der Waals surface area contributed by atoms with Crippen LogP contribution in [0.2, 0.25) is 5.02 Å². The van der Waals surface area contributed by atoms with Crippen LogP contribution < -0.4 is 5.32 Å². The van der Waals surface area contributed by atoms with Crippen molar-refractivity contribution >= 4 is 40.1 Å². The van der Waals surface area contributed by atoms with Crippen LogP contribution in [0.3, 0.4) is 0 Å². The van der Waals surface area contributed by atoms with Gasteiger partial charge in [-0.3, -0.25) is 9.78 Å². The number of benzene rings is 2. The summed E-state index contributed by atoms with van der Waals surface area (Å²) in [5.74, 6) is -1.99.